The molecular formula is C17H19N. The summed E-state index contributed by atoms with van der Waals surface area (Å²) < 4.78 is 2.44. The van der Waals surface area contributed by atoms with Crippen molar-refractivity contribution in [3.63, 3.8) is 0 Å². The molecule has 0 bridgehead atoms. The van der Waals surface area contributed by atoms with E-state index in [2.05, 4.69) is 79.2 Å². The molecule has 1 unspecified atom stereocenters. The van der Waals surface area contributed by atoms with Crippen LogP contribution in [0.5, 0.6) is 0 Å². The molecule has 2 aromatic rings. The number of para-hydroxylation sites is 1. The molecule has 0 spiro atoms. The Balaban J connectivity index is 2.09. The topological polar surface area (TPSA) is 4.93 Å². The molecular weight excluding hydrogens is 218 g/mol. The zero-order valence-corrected chi connectivity index (χ0v) is 11.0. The Morgan fingerprint density at radius 3 is 2.44 bits per heavy atom. The van der Waals surface area contributed by atoms with Crippen LogP contribution in [-0.2, 0) is 0 Å². The van der Waals surface area contributed by atoms with Crippen molar-refractivity contribution in [2.24, 2.45) is 11.8 Å². The van der Waals surface area contributed by atoms with E-state index in [1.165, 1.54) is 10.9 Å². The van der Waals surface area contributed by atoms with Crippen LogP contribution in [0.15, 0.2) is 60.8 Å². The molecule has 1 aliphatic rings. The van der Waals surface area contributed by atoms with Gasteiger partial charge in [-0.25, -0.2) is 0 Å². The molecule has 1 heteroatoms. The predicted octanol–water partition coefficient (Wildman–Crippen LogP) is 4.58. The summed E-state index contributed by atoms with van der Waals surface area (Å²) in [5.41, 5.74) is 1.34. The van der Waals surface area contributed by atoms with Gasteiger partial charge in [-0.05, 0) is 23.4 Å². The summed E-state index contributed by atoms with van der Waals surface area (Å²) in [6.07, 6.45) is 11.2. The summed E-state index contributed by atoms with van der Waals surface area (Å²) >= 11 is 0. The third kappa shape index (κ3) is 1.80. The van der Waals surface area contributed by atoms with Crippen molar-refractivity contribution >= 4 is 10.9 Å². The molecule has 1 atom stereocenters. The molecule has 1 heterocycles. The Hall–Kier alpha value is -1.76. The van der Waals surface area contributed by atoms with Crippen LogP contribution in [0.4, 0.5) is 0 Å². The van der Waals surface area contributed by atoms with Gasteiger partial charge in [0, 0.05) is 23.7 Å². The molecule has 0 fully saturated rings. The summed E-state index contributed by atoms with van der Waals surface area (Å²) in [4.78, 5) is 0. The first-order valence-electron chi connectivity index (χ1n) is 6.68. The van der Waals surface area contributed by atoms with Crippen molar-refractivity contribution < 1.29 is 0 Å². The van der Waals surface area contributed by atoms with E-state index >= 15 is 0 Å². The molecule has 1 nitrogen and oxygen atoms in total. The Morgan fingerprint density at radius 2 is 1.72 bits per heavy atom. The maximum absolute atomic E-state index is 2.44. The first kappa shape index (κ1) is 11.3. The minimum absolute atomic E-state index is 0.500. The highest BCUT2D eigenvalue weighted by Crippen LogP contribution is 2.34. The smallest absolute Gasteiger partial charge is 0.0483 e. The Bertz CT molecular complexity index is 589. The lowest BCUT2D eigenvalue weighted by Gasteiger charge is -2.28. The van der Waals surface area contributed by atoms with Gasteiger partial charge < -0.3 is 4.57 Å². The molecule has 1 aliphatic carbocycles. The zero-order chi connectivity index (χ0) is 12.5. The van der Waals surface area contributed by atoms with Crippen LogP contribution in [0.3, 0.4) is 0 Å². The molecule has 0 radical (unpaired) electrons. The van der Waals surface area contributed by atoms with Gasteiger partial charge in [-0.3, -0.25) is 0 Å². The van der Waals surface area contributed by atoms with Crippen molar-refractivity contribution in [2.45, 2.75) is 19.9 Å². The van der Waals surface area contributed by atoms with Crippen LogP contribution in [-0.4, -0.2) is 4.57 Å². The van der Waals surface area contributed by atoms with Gasteiger partial charge in [-0.2, -0.15) is 0 Å². The van der Waals surface area contributed by atoms with E-state index < -0.39 is 0 Å². The van der Waals surface area contributed by atoms with Crippen LogP contribution in [0.2, 0.25) is 0 Å². The fourth-order valence-electron chi connectivity index (χ4n) is 2.99. The van der Waals surface area contributed by atoms with Crippen LogP contribution in [0, 0.1) is 11.8 Å². The molecule has 92 valence electrons. The molecule has 1 aromatic carbocycles. The number of allylic oxidation sites excluding steroid dienone is 4. The minimum Gasteiger partial charge on any atom is -0.343 e. The molecule has 0 N–H and O–H groups in total. The molecule has 0 saturated carbocycles. The first-order chi connectivity index (χ1) is 8.77. The third-order valence-electron chi connectivity index (χ3n) is 3.81. The number of fused-ring (bicyclic) bond motifs is 1. The number of nitrogens with zero attached hydrogens (tertiary/aromatic N) is 1. The van der Waals surface area contributed by atoms with Crippen molar-refractivity contribution in [1.82, 2.24) is 4.57 Å². The van der Waals surface area contributed by atoms with Gasteiger partial charge in [0.2, 0.25) is 0 Å². The van der Waals surface area contributed by atoms with Crippen LogP contribution in [0.1, 0.15) is 19.9 Å². The van der Waals surface area contributed by atoms with E-state index in [1.54, 1.807) is 0 Å². The monoisotopic (exact) mass is 237 g/mol. The van der Waals surface area contributed by atoms with E-state index in [-0.39, 0.29) is 0 Å². The summed E-state index contributed by atoms with van der Waals surface area (Å²) in [5.74, 6) is 1.12. The molecule has 0 amide bonds. The standard InChI is InChI=1S/C17H19N/c1-13(2)17(15-8-3-4-9-15)18-12-11-14-7-5-6-10-16(14)18/h3-13,15,17H,1-2H3. The Labute approximate surface area is 108 Å². The Morgan fingerprint density at radius 1 is 1.00 bits per heavy atom. The van der Waals surface area contributed by atoms with Gasteiger partial charge in [-0.15, -0.1) is 0 Å². The highest BCUT2D eigenvalue weighted by molar-refractivity contribution is 5.80. The van der Waals surface area contributed by atoms with E-state index in [1.807, 2.05) is 0 Å². The van der Waals surface area contributed by atoms with E-state index in [4.69, 9.17) is 0 Å². The summed E-state index contributed by atoms with van der Waals surface area (Å²) in [6.45, 7) is 4.61. The number of hydrogen-bond donors (Lipinski definition) is 0. The van der Waals surface area contributed by atoms with Crippen LogP contribution < -0.4 is 0 Å². The second-order valence-corrected chi connectivity index (χ2v) is 5.36. The average Bonchev–Trinajstić information content (AvgIpc) is 3.00. The lowest BCUT2D eigenvalue weighted by molar-refractivity contribution is 0.340. The lowest BCUT2D eigenvalue weighted by atomic mass is 9.91. The zero-order valence-electron chi connectivity index (χ0n) is 11.0. The van der Waals surface area contributed by atoms with E-state index in [0.29, 0.717) is 17.9 Å². The number of aromatic nitrogens is 1. The second-order valence-electron chi connectivity index (χ2n) is 5.36. The molecule has 1 aromatic heterocycles. The van der Waals surface area contributed by atoms with Crippen LogP contribution >= 0.6 is 0 Å². The highest BCUT2D eigenvalue weighted by atomic mass is 15.0. The van der Waals surface area contributed by atoms with E-state index in [0.717, 1.165) is 0 Å². The molecule has 18 heavy (non-hydrogen) atoms. The fraction of sp³-hybridized carbons (Fsp3) is 0.294. The Kier molecular flexibility index (Phi) is 2.83. The maximum atomic E-state index is 2.44. The molecule has 0 aliphatic heterocycles. The van der Waals surface area contributed by atoms with Gasteiger partial charge in [0.05, 0.1) is 0 Å². The third-order valence-corrected chi connectivity index (χ3v) is 3.81. The van der Waals surface area contributed by atoms with Gasteiger partial charge in [0.15, 0.2) is 0 Å². The van der Waals surface area contributed by atoms with E-state index in [9.17, 15) is 0 Å². The highest BCUT2D eigenvalue weighted by Gasteiger charge is 2.24. The van der Waals surface area contributed by atoms with Crippen molar-refractivity contribution in [1.29, 1.82) is 0 Å². The summed E-state index contributed by atoms with van der Waals surface area (Å²) in [7, 11) is 0. The largest absolute Gasteiger partial charge is 0.343 e. The van der Waals surface area contributed by atoms with Crippen molar-refractivity contribution in [3.8, 4) is 0 Å². The predicted molar refractivity (Wildman–Crippen MR) is 77.6 cm³/mol. The normalized spacial score (nSPS) is 17.1. The number of hydrogen-bond acceptors (Lipinski definition) is 0. The number of rotatable bonds is 3. The second kappa shape index (κ2) is 4.49. The molecule has 3 rings (SSSR count). The van der Waals surface area contributed by atoms with Gasteiger partial charge in [0.25, 0.3) is 0 Å². The summed E-state index contributed by atoms with van der Waals surface area (Å²) in [5, 5.41) is 1.33. The van der Waals surface area contributed by atoms with Gasteiger partial charge >= 0.3 is 0 Å². The average molecular weight is 237 g/mol. The maximum Gasteiger partial charge on any atom is 0.0483 e. The lowest BCUT2D eigenvalue weighted by Crippen LogP contribution is -2.20. The SMILES string of the molecule is CC(C)C(C1C=CC=C1)n1ccc2ccccc21. The fourth-order valence-corrected chi connectivity index (χ4v) is 2.99. The number of benzene rings is 1. The quantitative estimate of drug-likeness (QED) is 0.736. The molecule has 0 saturated heterocycles. The van der Waals surface area contributed by atoms with Gasteiger partial charge in [-0.1, -0.05) is 56.4 Å². The van der Waals surface area contributed by atoms with Crippen molar-refractivity contribution in [2.75, 3.05) is 0 Å². The first-order valence-corrected chi connectivity index (χ1v) is 6.68. The minimum atomic E-state index is 0.500. The van der Waals surface area contributed by atoms with Gasteiger partial charge in [0.1, 0.15) is 0 Å². The van der Waals surface area contributed by atoms with Crippen molar-refractivity contribution in [3.05, 3.63) is 60.8 Å². The summed E-state index contributed by atoms with van der Waals surface area (Å²) in [6, 6.07) is 11.3. The van der Waals surface area contributed by atoms with Crippen LogP contribution in [0.25, 0.3) is 10.9 Å².